The van der Waals surface area contributed by atoms with Crippen LogP contribution < -0.4 is 4.74 Å². The maximum Gasteiger partial charge on any atom is 0.298 e. The van der Waals surface area contributed by atoms with Gasteiger partial charge in [0.25, 0.3) is 10.1 Å². The highest BCUT2D eigenvalue weighted by Crippen LogP contribution is 2.31. The van der Waals surface area contributed by atoms with Crippen molar-refractivity contribution in [2.24, 2.45) is 0 Å². The maximum atomic E-state index is 11.2. The molecule has 1 heterocycles. The number of fused-ring (bicyclic) bond motifs is 1. The molecule has 0 atom stereocenters. The predicted molar refractivity (Wildman–Crippen MR) is 62.8 cm³/mol. The van der Waals surface area contributed by atoms with Crippen LogP contribution in [0.5, 0.6) is 5.75 Å². The normalized spacial score (nSPS) is 11.9. The third-order valence-corrected chi connectivity index (χ3v) is 3.77. The minimum absolute atomic E-state index is 0.180. The fourth-order valence-corrected chi connectivity index (χ4v) is 2.86. The van der Waals surface area contributed by atoms with Crippen molar-refractivity contribution in [1.82, 2.24) is 0 Å². The van der Waals surface area contributed by atoms with Crippen LogP contribution in [0.3, 0.4) is 0 Å². The summed E-state index contributed by atoms with van der Waals surface area (Å²) in [4.78, 5) is -0.180. The molecule has 0 saturated carbocycles. The van der Waals surface area contributed by atoms with Crippen molar-refractivity contribution in [3.63, 3.8) is 0 Å². The first-order valence-electron chi connectivity index (χ1n) is 4.62. The van der Waals surface area contributed by atoms with Gasteiger partial charge in [-0.15, -0.1) is 0 Å². The third kappa shape index (κ3) is 2.04. The first-order valence-corrected chi connectivity index (χ1v) is 7.01. The van der Waals surface area contributed by atoms with E-state index in [-0.39, 0.29) is 10.6 Å². The second kappa shape index (κ2) is 4.04. The summed E-state index contributed by atoms with van der Waals surface area (Å²) in [5.41, 5.74) is 0. The Morgan fingerprint density at radius 3 is 2.50 bits per heavy atom. The first-order chi connectivity index (χ1) is 7.52. The number of rotatable bonds is 3. The Morgan fingerprint density at radius 2 is 1.94 bits per heavy atom. The number of hydrogen-bond acceptors (Lipinski definition) is 4. The molecule has 0 spiro atoms. The Bertz CT molecular complexity index is 613. The predicted octanol–water partition coefficient (Wildman–Crippen LogP) is 2.55. The molecule has 4 nitrogen and oxygen atoms in total. The van der Waals surface area contributed by atoms with E-state index in [1.807, 2.05) is 10.8 Å². The van der Waals surface area contributed by atoms with Crippen molar-refractivity contribution in [3.8, 4) is 5.75 Å². The SMILES string of the molecule is CCOc1cc2cscc2cc1S(=O)(=O)O. The van der Waals surface area contributed by atoms with Crippen molar-refractivity contribution in [2.45, 2.75) is 11.8 Å². The van der Waals surface area contributed by atoms with Gasteiger partial charge in [0.1, 0.15) is 10.6 Å². The van der Waals surface area contributed by atoms with E-state index in [0.717, 1.165) is 10.8 Å². The summed E-state index contributed by atoms with van der Waals surface area (Å²) >= 11 is 1.47. The van der Waals surface area contributed by atoms with E-state index in [4.69, 9.17) is 9.29 Å². The van der Waals surface area contributed by atoms with E-state index < -0.39 is 10.1 Å². The first kappa shape index (κ1) is 11.4. The quantitative estimate of drug-likeness (QED) is 0.859. The number of benzene rings is 1. The fraction of sp³-hybridized carbons (Fsp3) is 0.200. The van der Waals surface area contributed by atoms with E-state index in [0.29, 0.717) is 6.61 Å². The Morgan fingerprint density at radius 1 is 1.31 bits per heavy atom. The fourth-order valence-electron chi connectivity index (χ4n) is 1.45. The van der Waals surface area contributed by atoms with Crippen molar-refractivity contribution in [1.29, 1.82) is 0 Å². The second-order valence-corrected chi connectivity index (χ2v) is 5.34. The van der Waals surface area contributed by atoms with Gasteiger partial charge in [-0.3, -0.25) is 4.55 Å². The van der Waals surface area contributed by atoms with Crippen LogP contribution in [0, 0.1) is 0 Å². The van der Waals surface area contributed by atoms with Gasteiger partial charge >= 0.3 is 0 Å². The van der Waals surface area contributed by atoms with E-state index >= 15 is 0 Å². The van der Waals surface area contributed by atoms with Crippen molar-refractivity contribution >= 4 is 32.2 Å². The van der Waals surface area contributed by atoms with E-state index in [9.17, 15) is 8.42 Å². The third-order valence-electron chi connectivity index (χ3n) is 2.12. The highest BCUT2D eigenvalue weighted by molar-refractivity contribution is 7.86. The van der Waals surface area contributed by atoms with Crippen molar-refractivity contribution in [2.75, 3.05) is 6.61 Å². The lowest BCUT2D eigenvalue weighted by Crippen LogP contribution is -2.03. The largest absolute Gasteiger partial charge is 0.492 e. The monoisotopic (exact) mass is 258 g/mol. The van der Waals surface area contributed by atoms with Crippen LogP contribution in [-0.2, 0) is 10.1 Å². The summed E-state index contributed by atoms with van der Waals surface area (Å²) in [7, 11) is -4.25. The zero-order valence-corrected chi connectivity index (χ0v) is 10.1. The van der Waals surface area contributed by atoms with Gasteiger partial charge in [-0.2, -0.15) is 19.8 Å². The summed E-state index contributed by atoms with van der Waals surface area (Å²) in [6.45, 7) is 2.10. The molecule has 86 valence electrons. The Hall–Kier alpha value is -1.11. The zero-order chi connectivity index (χ0) is 11.8. The van der Waals surface area contributed by atoms with Gasteiger partial charge in [0.15, 0.2) is 0 Å². The Kier molecular flexibility index (Phi) is 2.88. The summed E-state index contributed by atoms with van der Waals surface area (Å²) in [6, 6.07) is 3.05. The summed E-state index contributed by atoms with van der Waals surface area (Å²) < 4.78 is 36.6. The van der Waals surface area contributed by atoms with Crippen LogP contribution >= 0.6 is 11.3 Å². The minimum atomic E-state index is -4.25. The molecule has 6 heteroatoms. The van der Waals surface area contributed by atoms with Gasteiger partial charge in [-0.1, -0.05) is 0 Å². The van der Waals surface area contributed by atoms with Crippen molar-refractivity contribution < 1.29 is 17.7 Å². The standard InChI is InChI=1S/C10H10O4S2/c1-2-14-9-3-7-5-15-6-8(7)4-10(9)16(11,12)13/h3-6H,2H2,1H3,(H,11,12,13). The van der Waals surface area contributed by atoms with Gasteiger partial charge in [-0.05, 0) is 40.6 Å². The smallest absolute Gasteiger partial charge is 0.298 e. The molecule has 1 aromatic heterocycles. The van der Waals surface area contributed by atoms with Crippen LogP contribution in [0.4, 0.5) is 0 Å². The number of thiophene rings is 1. The van der Waals surface area contributed by atoms with Crippen LogP contribution in [0.1, 0.15) is 6.92 Å². The highest BCUT2D eigenvalue weighted by atomic mass is 32.2. The second-order valence-electron chi connectivity index (χ2n) is 3.21. The average molecular weight is 258 g/mol. The molecule has 0 bridgehead atoms. The molecule has 0 aliphatic carbocycles. The molecule has 0 aliphatic heterocycles. The molecule has 0 fully saturated rings. The van der Waals surface area contributed by atoms with E-state index in [1.54, 1.807) is 13.0 Å². The highest BCUT2D eigenvalue weighted by Gasteiger charge is 2.17. The van der Waals surface area contributed by atoms with E-state index in [1.165, 1.54) is 17.4 Å². The van der Waals surface area contributed by atoms with Gasteiger partial charge in [0, 0.05) is 0 Å². The molecule has 2 aromatic rings. The molecular weight excluding hydrogens is 248 g/mol. The summed E-state index contributed by atoms with van der Waals surface area (Å²) in [6.07, 6.45) is 0. The molecule has 0 amide bonds. The van der Waals surface area contributed by atoms with Crippen LogP contribution in [0.25, 0.3) is 10.8 Å². The topological polar surface area (TPSA) is 63.6 Å². The molecule has 2 rings (SSSR count). The zero-order valence-electron chi connectivity index (χ0n) is 8.50. The summed E-state index contributed by atoms with van der Waals surface area (Å²) in [5, 5.41) is 5.40. The molecule has 0 unspecified atom stereocenters. The van der Waals surface area contributed by atoms with Crippen molar-refractivity contribution in [3.05, 3.63) is 22.9 Å². The van der Waals surface area contributed by atoms with Gasteiger partial charge in [0.05, 0.1) is 6.61 Å². The summed E-state index contributed by atoms with van der Waals surface area (Å²) in [5.74, 6) is 0.191. The maximum absolute atomic E-state index is 11.2. The number of ether oxygens (including phenoxy) is 1. The molecule has 1 aromatic carbocycles. The molecule has 0 aliphatic rings. The molecule has 16 heavy (non-hydrogen) atoms. The Labute approximate surface area is 97.2 Å². The van der Waals surface area contributed by atoms with Gasteiger partial charge in [0.2, 0.25) is 0 Å². The van der Waals surface area contributed by atoms with Gasteiger partial charge < -0.3 is 4.74 Å². The molecular formula is C10H10O4S2. The Balaban J connectivity index is 2.72. The lowest BCUT2D eigenvalue weighted by Gasteiger charge is -2.08. The minimum Gasteiger partial charge on any atom is -0.492 e. The van der Waals surface area contributed by atoms with E-state index in [2.05, 4.69) is 0 Å². The molecule has 1 N–H and O–H groups in total. The number of hydrogen-bond donors (Lipinski definition) is 1. The average Bonchev–Trinajstić information content (AvgIpc) is 2.62. The molecule has 0 saturated heterocycles. The molecule has 0 radical (unpaired) electrons. The van der Waals surface area contributed by atoms with Crippen LogP contribution in [0.15, 0.2) is 27.8 Å². The van der Waals surface area contributed by atoms with Crippen LogP contribution in [-0.4, -0.2) is 19.6 Å². The van der Waals surface area contributed by atoms with Crippen LogP contribution in [0.2, 0.25) is 0 Å². The lowest BCUT2D eigenvalue weighted by atomic mass is 10.2. The lowest BCUT2D eigenvalue weighted by molar-refractivity contribution is 0.330. The van der Waals surface area contributed by atoms with Gasteiger partial charge in [-0.25, -0.2) is 0 Å².